The molecule has 0 saturated carbocycles. The number of alkyl halides is 4. The molecule has 0 radical (unpaired) electrons. The number of nitrogens with zero attached hydrogens (tertiary/aromatic N) is 1. The van der Waals surface area contributed by atoms with Crippen LogP contribution in [0.1, 0.15) is 5.56 Å². The third-order valence-electron chi connectivity index (χ3n) is 2.24. The van der Waals surface area contributed by atoms with Crippen LogP contribution in [0, 0.1) is 0 Å². The van der Waals surface area contributed by atoms with Gasteiger partial charge in [0.05, 0.1) is 0 Å². The molecule has 0 fully saturated rings. The second kappa shape index (κ2) is 5.69. The Hall–Kier alpha value is -1.11. The van der Waals surface area contributed by atoms with Gasteiger partial charge in [-0.1, -0.05) is 28.1 Å². The van der Waals surface area contributed by atoms with Crippen LogP contribution >= 0.6 is 15.9 Å². The van der Waals surface area contributed by atoms with Crippen molar-refractivity contribution < 1.29 is 22.4 Å². The first kappa shape index (κ1) is 14.9. The summed E-state index contributed by atoms with van der Waals surface area (Å²) in [4.78, 5) is 11.7. The van der Waals surface area contributed by atoms with Gasteiger partial charge in [-0.2, -0.15) is 8.78 Å². The lowest BCUT2D eigenvalue weighted by Gasteiger charge is -2.22. The van der Waals surface area contributed by atoms with Gasteiger partial charge in [0, 0.05) is 18.1 Å². The van der Waals surface area contributed by atoms with Gasteiger partial charge in [0.15, 0.2) is 0 Å². The van der Waals surface area contributed by atoms with E-state index in [2.05, 4.69) is 15.9 Å². The molecule has 2 nitrogen and oxygen atoms in total. The van der Waals surface area contributed by atoms with Crippen LogP contribution < -0.4 is 0 Å². The molecular formula is C11H10BrF4NO. The Morgan fingerprint density at radius 2 is 1.83 bits per heavy atom. The summed E-state index contributed by atoms with van der Waals surface area (Å²) in [7, 11) is 1.06. The van der Waals surface area contributed by atoms with Crippen LogP contribution in [0.2, 0.25) is 0 Å². The maximum absolute atomic E-state index is 12.8. The maximum atomic E-state index is 12.8. The fraction of sp³-hybridized carbons (Fsp3) is 0.364. The number of benzene rings is 1. The van der Waals surface area contributed by atoms with Gasteiger partial charge in [0.25, 0.3) is 5.91 Å². The van der Waals surface area contributed by atoms with E-state index in [4.69, 9.17) is 0 Å². The molecule has 0 spiro atoms. The zero-order valence-electron chi connectivity index (χ0n) is 9.34. The largest absolute Gasteiger partial charge is 0.383 e. The first-order valence-corrected chi connectivity index (χ1v) is 5.70. The monoisotopic (exact) mass is 327 g/mol. The normalized spacial score (nSPS) is 11.7. The van der Waals surface area contributed by atoms with E-state index >= 15 is 0 Å². The fourth-order valence-corrected chi connectivity index (χ4v) is 1.55. The molecule has 0 aliphatic heterocycles. The molecule has 0 heterocycles. The highest BCUT2D eigenvalue weighted by atomic mass is 79.9. The lowest BCUT2D eigenvalue weighted by molar-refractivity contribution is -0.179. The fourth-order valence-electron chi connectivity index (χ4n) is 1.28. The molecule has 0 atom stereocenters. The van der Waals surface area contributed by atoms with Crippen LogP contribution in [0.15, 0.2) is 28.7 Å². The third kappa shape index (κ3) is 3.44. The third-order valence-corrected chi connectivity index (χ3v) is 2.77. The number of hydrogen-bond donors (Lipinski definition) is 0. The number of hydrogen-bond acceptors (Lipinski definition) is 1. The number of carbonyl (C=O) groups is 1. The van der Waals surface area contributed by atoms with Crippen molar-refractivity contribution in [2.75, 3.05) is 7.05 Å². The van der Waals surface area contributed by atoms with Gasteiger partial charge >= 0.3 is 12.3 Å². The summed E-state index contributed by atoms with van der Waals surface area (Å²) in [5.41, 5.74) is 0.569. The Balaban J connectivity index is 2.74. The van der Waals surface area contributed by atoms with Gasteiger partial charge in [-0.3, -0.25) is 4.79 Å². The minimum absolute atomic E-state index is 0.158. The highest BCUT2D eigenvalue weighted by Gasteiger charge is 2.50. The Morgan fingerprint density at radius 1 is 1.33 bits per heavy atom. The van der Waals surface area contributed by atoms with Gasteiger partial charge < -0.3 is 4.90 Å². The molecule has 1 rings (SSSR count). The van der Waals surface area contributed by atoms with Crippen molar-refractivity contribution in [3.63, 3.8) is 0 Å². The second-order valence-electron chi connectivity index (χ2n) is 3.71. The molecule has 1 amide bonds. The lowest BCUT2D eigenvalue weighted by Crippen LogP contribution is -2.45. The van der Waals surface area contributed by atoms with E-state index in [0.717, 1.165) is 11.5 Å². The van der Waals surface area contributed by atoms with Crippen LogP contribution in [0.4, 0.5) is 17.6 Å². The van der Waals surface area contributed by atoms with Crippen molar-refractivity contribution >= 4 is 21.8 Å². The molecule has 1 aromatic carbocycles. The molecule has 0 N–H and O–H groups in total. The van der Waals surface area contributed by atoms with E-state index in [-0.39, 0.29) is 6.54 Å². The molecule has 1 aromatic rings. The topological polar surface area (TPSA) is 20.3 Å². The van der Waals surface area contributed by atoms with Crippen molar-refractivity contribution in [2.24, 2.45) is 0 Å². The highest BCUT2D eigenvalue weighted by Crippen LogP contribution is 2.25. The summed E-state index contributed by atoms with van der Waals surface area (Å²) in [6.45, 7) is -0.158. The minimum atomic E-state index is -4.65. The summed E-state index contributed by atoms with van der Waals surface area (Å²) in [5, 5.41) is 0. The Kier molecular flexibility index (Phi) is 4.72. The van der Waals surface area contributed by atoms with Gasteiger partial charge in [0.1, 0.15) is 0 Å². The highest BCUT2D eigenvalue weighted by molar-refractivity contribution is 9.10. The summed E-state index contributed by atoms with van der Waals surface area (Å²) in [5.74, 6) is -6.54. The molecule has 100 valence electrons. The molecule has 0 saturated heterocycles. The number of amides is 1. The van der Waals surface area contributed by atoms with Crippen LogP contribution in [-0.4, -0.2) is 30.2 Å². The second-order valence-corrected chi connectivity index (χ2v) is 4.63. The van der Waals surface area contributed by atoms with Gasteiger partial charge in [-0.05, 0) is 17.7 Å². The number of halogens is 5. The number of carbonyl (C=O) groups excluding carboxylic acids is 1. The maximum Gasteiger partial charge on any atom is 0.383 e. The molecule has 7 heteroatoms. The Labute approximate surface area is 110 Å². The summed E-state index contributed by atoms with van der Waals surface area (Å²) in [6.07, 6.45) is -4.00. The molecule has 0 bridgehead atoms. The van der Waals surface area contributed by atoms with Crippen molar-refractivity contribution in [1.82, 2.24) is 4.90 Å². The van der Waals surface area contributed by atoms with E-state index in [1.807, 2.05) is 0 Å². The molecule has 0 aliphatic carbocycles. The van der Waals surface area contributed by atoms with Crippen LogP contribution in [0.3, 0.4) is 0 Å². The first-order chi connectivity index (χ1) is 8.25. The zero-order chi connectivity index (χ0) is 13.9. The summed E-state index contributed by atoms with van der Waals surface area (Å²) in [6, 6.07) is 6.54. The van der Waals surface area contributed by atoms with Crippen molar-refractivity contribution in [3.8, 4) is 0 Å². The number of rotatable bonds is 4. The molecule has 0 aliphatic rings. The summed E-state index contributed by atoms with van der Waals surface area (Å²) < 4.78 is 50.4. The van der Waals surface area contributed by atoms with Gasteiger partial charge in [-0.25, -0.2) is 8.78 Å². The van der Waals surface area contributed by atoms with Gasteiger partial charge in [-0.15, -0.1) is 0 Å². The van der Waals surface area contributed by atoms with Crippen LogP contribution in [-0.2, 0) is 11.3 Å². The average molecular weight is 328 g/mol. The summed E-state index contributed by atoms with van der Waals surface area (Å²) >= 11 is 3.19. The Bertz CT molecular complexity index is 422. The smallest absolute Gasteiger partial charge is 0.336 e. The molecule has 0 aromatic heterocycles. The van der Waals surface area contributed by atoms with Crippen molar-refractivity contribution in [3.05, 3.63) is 34.3 Å². The predicted octanol–water partition coefficient (Wildman–Crippen LogP) is 3.31. The first-order valence-electron chi connectivity index (χ1n) is 4.91. The van der Waals surface area contributed by atoms with E-state index < -0.39 is 18.3 Å². The minimum Gasteiger partial charge on any atom is -0.336 e. The van der Waals surface area contributed by atoms with Crippen molar-refractivity contribution in [1.29, 1.82) is 0 Å². The van der Waals surface area contributed by atoms with E-state index in [0.29, 0.717) is 10.5 Å². The average Bonchev–Trinajstić information content (AvgIpc) is 2.30. The molecular weight excluding hydrogens is 318 g/mol. The Morgan fingerprint density at radius 3 is 2.28 bits per heavy atom. The van der Waals surface area contributed by atoms with Crippen LogP contribution in [0.25, 0.3) is 0 Å². The van der Waals surface area contributed by atoms with Gasteiger partial charge in [0.2, 0.25) is 0 Å². The predicted molar refractivity (Wildman–Crippen MR) is 61.6 cm³/mol. The standard InChI is InChI=1S/C11H10BrF4NO/c1-17(10(18)11(15,16)9(13)14)6-7-2-4-8(12)5-3-7/h2-5,9H,6H2,1H3. The quantitative estimate of drug-likeness (QED) is 0.777. The lowest BCUT2D eigenvalue weighted by atomic mass is 10.2. The molecule has 18 heavy (non-hydrogen) atoms. The van der Waals surface area contributed by atoms with E-state index in [1.54, 1.807) is 24.3 Å². The SMILES string of the molecule is CN(Cc1ccc(Br)cc1)C(=O)C(F)(F)C(F)F. The van der Waals surface area contributed by atoms with Crippen molar-refractivity contribution in [2.45, 2.75) is 18.9 Å². The van der Waals surface area contributed by atoms with E-state index in [9.17, 15) is 22.4 Å². The van der Waals surface area contributed by atoms with E-state index in [1.165, 1.54) is 0 Å². The molecule has 0 unspecified atom stereocenters. The zero-order valence-corrected chi connectivity index (χ0v) is 10.9. The van der Waals surface area contributed by atoms with Crippen LogP contribution in [0.5, 0.6) is 0 Å².